The zero-order valence-electron chi connectivity index (χ0n) is 24.4. The Morgan fingerprint density at radius 2 is 1.83 bits per heavy atom. The zero-order valence-corrected chi connectivity index (χ0v) is 24.4. The smallest absolute Gasteiger partial charge is 0.308 e. The van der Waals surface area contributed by atoms with Gasteiger partial charge in [0, 0.05) is 30.8 Å². The lowest BCUT2D eigenvalue weighted by molar-refractivity contribution is -0.156. The van der Waals surface area contributed by atoms with Crippen LogP contribution in [0.4, 0.5) is 0 Å². The van der Waals surface area contributed by atoms with Gasteiger partial charge in [-0.25, -0.2) is 5.10 Å². The van der Waals surface area contributed by atoms with Gasteiger partial charge in [0.25, 0.3) is 0 Å². The number of tetrazole rings is 1. The molecule has 4 aromatic rings. The summed E-state index contributed by atoms with van der Waals surface area (Å²) in [5.41, 5.74) is 2.04. The number of H-pyrrole nitrogens is 1. The minimum absolute atomic E-state index is 0.146. The third-order valence-corrected chi connectivity index (χ3v) is 6.82. The first-order valence-corrected chi connectivity index (χ1v) is 14.3. The molecule has 2 aromatic carbocycles. The number of piperidine rings is 1. The summed E-state index contributed by atoms with van der Waals surface area (Å²) in [6.07, 6.45) is 2.28. The second-order valence-corrected chi connectivity index (χ2v) is 11.2. The lowest BCUT2D eigenvalue weighted by atomic mass is 10.1. The monoisotopic (exact) mass is 578 g/mol. The lowest BCUT2D eigenvalue weighted by Crippen LogP contribution is -2.39. The number of carbonyl (C=O) groups excluding carboxylic acids is 1. The van der Waals surface area contributed by atoms with Gasteiger partial charge in [0.15, 0.2) is 11.6 Å². The number of aromatic nitrogens is 5. The van der Waals surface area contributed by atoms with E-state index in [0.29, 0.717) is 38.0 Å². The van der Waals surface area contributed by atoms with Crippen LogP contribution in [-0.4, -0.2) is 94.4 Å². The molecule has 1 aliphatic heterocycles. The van der Waals surface area contributed by atoms with E-state index in [1.807, 2.05) is 63.2 Å². The van der Waals surface area contributed by atoms with E-state index in [1.165, 1.54) is 0 Å². The molecular weight excluding hydrogens is 540 g/mol. The van der Waals surface area contributed by atoms with E-state index in [9.17, 15) is 4.79 Å². The fraction of sp³-hybridized carbons (Fsp3) is 0.500. The van der Waals surface area contributed by atoms with Gasteiger partial charge in [-0.2, -0.15) is 0 Å². The highest BCUT2D eigenvalue weighted by molar-refractivity contribution is 5.94. The SMILES string of the molecule is CC(C)(C)OC(=O)CCOCCOCCN1CCC(Oc2cccc(-c3onc4ccc(-c5nnn[nH]5)cc34)c2)CC1. The van der Waals surface area contributed by atoms with Crippen LogP contribution in [-0.2, 0) is 19.0 Å². The van der Waals surface area contributed by atoms with Crippen molar-refractivity contribution in [2.24, 2.45) is 0 Å². The predicted octanol–water partition coefficient (Wildman–Crippen LogP) is 4.28. The molecule has 0 atom stereocenters. The van der Waals surface area contributed by atoms with Gasteiger partial charge in [0.2, 0.25) is 0 Å². The van der Waals surface area contributed by atoms with Crippen molar-refractivity contribution in [2.75, 3.05) is 46.1 Å². The van der Waals surface area contributed by atoms with E-state index >= 15 is 0 Å². The molecule has 2 aromatic heterocycles. The lowest BCUT2D eigenvalue weighted by Gasteiger charge is -2.32. The summed E-state index contributed by atoms with van der Waals surface area (Å²) >= 11 is 0. The van der Waals surface area contributed by atoms with Crippen LogP contribution in [0.3, 0.4) is 0 Å². The summed E-state index contributed by atoms with van der Waals surface area (Å²) in [5.74, 6) is 1.82. The van der Waals surface area contributed by atoms with Crippen molar-refractivity contribution in [3.8, 4) is 28.5 Å². The Balaban J connectivity index is 1.02. The molecule has 12 heteroatoms. The molecular formula is C30H38N6O6. The van der Waals surface area contributed by atoms with Gasteiger partial charge in [0.1, 0.15) is 23.0 Å². The van der Waals surface area contributed by atoms with Gasteiger partial charge in [-0.1, -0.05) is 17.3 Å². The molecule has 224 valence electrons. The van der Waals surface area contributed by atoms with Crippen molar-refractivity contribution in [1.82, 2.24) is 30.7 Å². The number of fused-ring (bicyclic) bond motifs is 1. The second kappa shape index (κ2) is 13.9. The summed E-state index contributed by atoms with van der Waals surface area (Å²) in [6, 6.07) is 13.7. The van der Waals surface area contributed by atoms with Gasteiger partial charge in [-0.15, -0.1) is 5.10 Å². The fourth-order valence-electron chi connectivity index (χ4n) is 4.80. The maximum absolute atomic E-state index is 11.7. The third kappa shape index (κ3) is 8.34. The number of rotatable bonds is 13. The molecule has 1 N–H and O–H groups in total. The number of benzene rings is 2. The topological polar surface area (TPSA) is 138 Å². The fourth-order valence-corrected chi connectivity index (χ4v) is 4.80. The van der Waals surface area contributed by atoms with E-state index in [2.05, 4.69) is 30.7 Å². The largest absolute Gasteiger partial charge is 0.490 e. The Bertz CT molecular complexity index is 1430. The van der Waals surface area contributed by atoms with Gasteiger partial charge >= 0.3 is 5.97 Å². The minimum atomic E-state index is -0.469. The van der Waals surface area contributed by atoms with E-state index < -0.39 is 5.60 Å². The van der Waals surface area contributed by atoms with Crippen LogP contribution in [0.5, 0.6) is 5.75 Å². The Morgan fingerprint density at radius 1 is 1.02 bits per heavy atom. The van der Waals surface area contributed by atoms with Crippen molar-refractivity contribution in [3.63, 3.8) is 0 Å². The number of nitrogens with zero attached hydrogens (tertiary/aromatic N) is 5. The van der Waals surface area contributed by atoms with Crippen molar-refractivity contribution in [3.05, 3.63) is 42.5 Å². The average molecular weight is 579 g/mol. The first-order valence-electron chi connectivity index (χ1n) is 14.3. The molecule has 3 heterocycles. The van der Waals surface area contributed by atoms with Crippen LogP contribution in [0, 0.1) is 0 Å². The minimum Gasteiger partial charge on any atom is -0.490 e. The van der Waals surface area contributed by atoms with Crippen LogP contribution in [0.25, 0.3) is 33.6 Å². The molecule has 12 nitrogen and oxygen atoms in total. The first-order chi connectivity index (χ1) is 20.3. The number of hydrogen-bond donors (Lipinski definition) is 1. The van der Waals surface area contributed by atoms with Gasteiger partial charge < -0.3 is 28.4 Å². The highest BCUT2D eigenvalue weighted by Gasteiger charge is 2.21. The molecule has 0 saturated carbocycles. The maximum Gasteiger partial charge on any atom is 0.308 e. The van der Waals surface area contributed by atoms with Crippen LogP contribution in [0.2, 0.25) is 0 Å². The molecule has 0 aliphatic carbocycles. The molecule has 42 heavy (non-hydrogen) atoms. The van der Waals surface area contributed by atoms with Crippen molar-refractivity contribution < 1.29 is 28.3 Å². The van der Waals surface area contributed by atoms with Crippen LogP contribution in [0.1, 0.15) is 40.0 Å². The Labute approximate surface area is 244 Å². The number of likely N-dealkylation sites (tertiary alicyclic amines) is 1. The molecule has 5 rings (SSSR count). The Hall–Kier alpha value is -3.87. The zero-order chi connectivity index (χ0) is 29.4. The number of aromatic amines is 1. The van der Waals surface area contributed by atoms with Crippen LogP contribution >= 0.6 is 0 Å². The quantitative estimate of drug-likeness (QED) is 0.180. The summed E-state index contributed by atoms with van der Waals surface area (Å²) in [4.78, 5) is 14.1. The summed E-state index contributed by atoms with van der Waals surface area (Å²) < 4.78 is 28.5. The summed E-state index contributed by atoms with van der Waals surface area (Å²) in [5, 5.41) is 19.2. The van der Waals surface area contributed by atoms with Crippen molar-refractivity contribution in [1.29, 1.82) is 0 Å². The van der Waals surface area contributed by atoms with Gasteiger partial charge in [-0.3, -0.25) is 4.79 Å². The van der Waals surface area contributed by atoms with E-state index in [4.69, 9.17) is 23.5 Å². The standard InChI is InChI=1S/C30H38N6O6/c1-30(2,3)41-27(37)11-15-38-17-18-39-16-14-36-12-9-23(10-13-36)40-24-6-4-5-21(19-24)28-25-20-22(29-31-34-35-32-29)7-8-26(25)33-42-28/h4-8,19-20,23H,9-18H2,1-3H3,(H,31,32,34,35). The first kappa shape index (κ1) is 29.6. The van der Waals surface area contributed by atoms with E-state index in [-0.39, 0.29) is 18.5 Å². The van der Waals surface area contributed by atoms with E-state index in [0.717, 1.165) is 60.3 Å². The average Bonchev–Trinajstić information content (AvgIpc) is 3.65. The molecule has 0 bridgehead atoms. The van der Waals surface area contributed by atoms with Gasteiger partial charge in [0.05, 0.1) is 38.2 Å². The van der Waals surface area contributed by atoms with E-state index in [1.54, 1.807) is 0 Å². The normalized spacial score (nSPS) is 14.8. The molecule has 1 saturated heterocycles. The van der Waals surface area contributed by atoms with Crippen LogP contribution < -0.4 is 4.74 Å². The number of nitrogens with one attached hydrogen (secondary N) is 1. The van der Waals surface area contributed by atoms with Crippen molar-refractivity contribution >= 4 is 16.9 Å². The van der Waals surface area contributed by atoms with Gasteiger partial charge in [-0.05, 0) is 74.4 Å². The number of esters is 1. The second-order valence-electron chi connectivity index (χ2n) is 11.2. The number of hydrogen-bond acceptors (Lipinski definition) is 11. The highest BCUT2D eigenvalue weighted by atomic mass is 16.6. The summed E-state index contributed by atoms with van der Waals surface area (Å²) in [7, 11) is 0. The molecule has 0 radical (unpaired) electrons. The molecule has 1 fully saturated rings. The molecule has 0 spiro atoms. The predicted molar refractivity (Wildman–Crippen MR) is 155 cm³/mol. The molecule has 0 unspecified atom stereocenters. The molecule has 1 aliphatic rings. The Kier molecular flexibility index (Phi) is 9.78. The third-order valence-electron chi connectivity index (χ3n) is 6.82. The van der Waals surface area contributed by atoms with Crippen LogP contribution in [0.15, 0.2) is 47.0 Å². The number of ether oxygens (including phenoxy) is 4. The Morgan fingerprint density at radius 3 is 2.60 bits per heavy atom. The molecule has 0 amide bonds. The van der Waals surface area contributed by atoms with Crippen molar-refractivity contribution in [2.45, 2.75) is 51.7 Å². The number of carbonyl (C=O) groups is 1. The maximum atomic E-state index is 11.7. The highest BCUT2D eigenvalue weighted by Crippen LogP contribution is 2.33. The summed E-state index contributed by atoms with van der Waals surface area (Å²) in [6.45, 7) is 10.3.